The van der Waals surface area contributed by atoms with Gasteiger partial charge in [-0.15, -0.1) is 5.10 Å². The number of aromatic amines is 1. The molecule has 3 heterocycles. The van der Waals surface area contributed by atoms with Gasteiger partial charge in [-0.2, -0.15) is 0 Å². The molecule has 0 aromatic carbocycles. The zero-order valence-electron chi connectivity index (χ0n) is 8.95. The second-order valence-corrected chi connectivity index (χ2v) is 3.61. The quantitative estimate of drug-likeness (QED) is 0.603. The number of tetrazole rings is 1. The van der Waals surface area contributed by atoms with Gasteiger partial charge in [0.1, 0.15) is 11.2 Å². The predicted octanol–water partition coefficient (Wildman–Crippen LogP) is -0.465. The number of aromatic nitrogens is 6. The van der Waals surface area contributed by atoms with Crippen LogP contribution in [0.25, 0.3) is 17.0 Å². The average molecular weight is 268 g/mol. The van der Waals surface area contributed by atoms with Crippen LogP contribution in [0.2, 0.25) is 0 Å². The molecular formula is C10H9KN6O. The summed E-state index contributed by atoms with van der Waals surface area (Å²) in [4.78, 5) is 16.4. The molecule has 7 nitrogen and oxygen atoms in total. The number of hydrogen-bond donors (Lipinski definition) is 1. The topological polar surface area (TPSA) is 88.8 Å². The third-order valence-corrected chi connectivity index (χ3v) is 2.53. The van der Waals surface area contributed by atoms with Crippen LogP contribution in [0.3, 0.4) is 0 Å². The maximum atomic E-state index is 12.2. The van der Waals surface area contributed by atoms with Crippen LogP contribution in [-0.4, -0.2) is 81.4 Å². The van der Waals surface area contributed by atoms with Gasteiger partial charge in [0.2, 0.25) is 0 Å². The molecule has 0 aliphatic heterocycles. The van der Waals surface area contributed by atoms with Crippen molar-refractivity contribution in [2.24, 2.45) is 0 Å². The Kier molecular flexibility index (Phi) is 4.02. The fourth-order valence-corrected chi connectivity index (χ4v) is 1.68. The van der Waals surface area contributed by atoms with Crippen molar-refractivity contribution in [3.63, 3.8) is 0 Å². The van der Waals surface area contributed by atoms with E-state index in [0.29, 0.717) is 17.0 Å². The molecule has 0 aliphatic carbocycles. The molecule has 3 aromatic rings. The molecule has 0 saturated heterocycles. The average Bonchev–Trinajstić information content (AvgIpc) is 2.84. The van der Waals surface area contributed by atoms with Gasteiger partial charge in [0.15, 0.2) is 5.82 Å². The van der Waals surface area contributed by atoms with Crippen molar-refractivity contribution in [1.29, 1.82) is 0 Å². The van der Waals surface area contributed by atoms with Crippen LogP contribution in [-0.2, 0) is 0 Å². The predicted molar refractivity (Wildman–Crippen MR) is 66.5 cm³/mol. The molecule has 0 atom stereocenters. The van der Waals surface area contributed by atoms with Crippen LogP contribution in [0.5, 0.6) is 0 Å². The second kappa shape index (κ2) is 5.37. The van der Waals surface area contributed by atoms with E-state index in [4.69, 9.17) is 0 Å². The van der Waals surface area contributed by atoms with Crippen molar-refractivity contribution in [2.45, 2.75) is 6.92 Å². The number of nitrogens with zero attached hydrogens (tertiary/aromatic N) is 5. The molecule has 0 aliphatic rings. The number of aryl methyl sites for hydroxylation is 1. The van der Waals surface area contributed by atoms with E-state index in [1.807, 2.05) is 13.0 Å². The molecule has 0 radical (unpaired) electrons. The van der Waals surface area contributed by atoms with Crippen molar-refractivity contribution in [3.8, 4) is 11.4 Å². The number of nitrogens with one attached hydrogen (secondary N) is 1. The maximum absolute atomic E-state index is 12.2. The van der Waals surface area contributed by atoms with E-state index in [0.717, 1.165) is 5.56 Å². The van der Waals surface area contributed by atoms with Gasteiger partial charge in [0, 0.05) is 12.4 Å². The zero-order valence-corrected chi connectivity index (χ0v) is 8.95. The van der Waals surface area contributed by atoms with Gasteiger partial charge in [-0.1, -0.05) is 6.07 Å². The van der Waals surface area contributed by atoms with E-state index in [2.05, 4.69) is 25.6 Å². The van der Waals surface area contributed by atoms with Crippen molar-refractivity contribution in [1.82, 2.24) is 30.0 Å². The van der Waals surface area contributed by atoms with Gasteiger partial charge >= 0.3 is 51.4 Å². The van der Waals surface area contributed by atoms with Crippen LogP contribution in [0, 0.1) is 6.92 Å². The number of fused-ring (bicyclic) bond motifs is 1. The molecule has 86 valence electrons. The van der Waals surface area contributed by atoms with Crippen LogP contribution >= 0.6 is 0 Å². The van der Waals surface area contributed by atoms with E-state index in [9.17, 15) is 4.79 Å². The van der Waals surface area contributed by atoms with Gasteiger partial charge in [-0.25, -0.2) is 10.1 Å². The minimum atomic E-state index is -0.197. The molecule has 18 heavy (non-hydrogen) atoms. The van der Waals surface area contributed by atoms with E-state index in [-0.39, 0.29) is 56.9 Å². The van der Waals surface area contributed by atoms with Gasteiger partial charge < -0.3 is 0 Å². The van der Waals surface area contributed by atoms with Gasteiger partial charge in [0.25, 0.3) is 5.56 Å². The van der Waals surface area contributed by atoms with Crippen molar-refractivity contribution in [2.75, 3.05) is 0 Å². The second-order valence-electron chi connectivity index (χ2n) is 3.61. The summed E-state index contributed by atoms with van der Waals surface area (Å²) < 4.78 is 1.48. The van der Waals surface area contributed by atoms with E-state index in [1.165, 1.54) is 10.6 Å². The molecule has 3 aromatic heterocycles. The molecule has 0 fully saturated rings. The Morgan fingerprint density at radius 1 is 1.39 bits per heavy atom. The van der Waals surface area contributed by atoms with Gasteiger partial charge in [0.05, 0.1) is 0 Å². The number of H-pyrrole nitrogens is 1. The first-order valence-corrected chi connectivity index (χ1v) is 4.98. The molecule has 1 N–H and O–H groups in total. The summed E-state index contributed by atoms with van der Waals surface area (Å²) in [6.07, 6.45) is 3.15. The third-order valence-electron chi connectivity index (χ3n) is 2.53. The molecule has 0 bridgehead atoms. The number of rotatable bonds is 1. The summed E-state index contributed by atoms with van der Waals surface area (Å²) >= 11 is 0. The monoisotopic (exact) mass is 268 g/mol. The van der Waals surface area contributed by atoms with E-state index < -0.39 is 0 Å². The minimum absolute atomic E-state index is 0. The Bertz CT molecular complexity index is 736. The molecule has 3 rings (SSSR count). The first kappa shape index (κ1) is 13.5. The molecular weight excluding hydrogens is 259 g/mol. The fourth-order valence-electron chi connectivity index (χ4n) is 1.68. The van der Waals surface area contributed by atoms with Crippen LogP contribution in [0.1, 0.15) is 5.56 Å². The Labute approximate surface area is 144 Å². The summed E-state index contributed by atoms with van der Waals surface area (Å²) in [6, 6.07) is 3.70. The summed E-state index contributed by atoms with van der Waals surface area (Å²) in [5, 5.41) is 13.1. The van der Waals surface area contributed by atoms with Crippen LogP contribution in [0.4, 0.5) is 0 Å². The number of hydrogen-bond acceptors (Lipinski definition) is 5. The van der Waals surface area contributed by atoms with E-state index >= 15 is 0 Å². The Hall–Kier alpha value is -0.934. The fraction of sp³-hybridized carbons (Fsp3) is 0.100. The summed E-state index contributed by atoms with van der Waals surface area (Å²) in [7, 11) is 0. The Balaban J connectivity index is 0.00000120. The Morgan fingerprint density at radius 3 is 2.94 bits per heavy atom. The van der Waals surface area contributed by atoms with Crippen molar-refractivity contribution < 1.29 is 0 Å². The van der Waals surface area contributed by atoms with E-state index in [1.54, 1.807) is 12.3 Å². The first-order valence-electron chi connectivity index (χ1n) is 4.98. The Morgan fingerprint density at radius 2 is 2.22 bits per heavy atom. The molecule has 0 unspecified atom stereocenters. The van der Waals surface area contributed by atoms with Crippen LogP contribution in [0.15, 0.2) is 29.3 Å². The van der Waals surface area contributed by atoms with Gasteiger partial charge in [-0.3, -0.25) is 9.20 Å². The standard InChI is InChI=1S/C10H8N6O.K.H/c1-6-3-2-4-16-9(6)11-5-7(10(16)17)8-12-14-15-13-8;;/h2-5H,1H3,(H,12,13,14,15);;. The van der Waals surface area contributed by atoms with Crippen molar-refractivity contribution >= 4 is 57.0 Å². The summed E-state index contributed by atoms with van der Waals surface area (Å²) in [5.41, 5.74) is 1.72. The number of pyridine rings is 1. The molecule has 0 spiro atoms. The molecule has 8 heteroatoms. The van der Waals surface area contributed by atoms with Crippen LogP contribution < -0.4 is 5.56 Å². The molecule has 0 saturated carbocycles. The normalized spacial score (nSPS) is 10.3. The van der Waals surface area contributed by atoms with Gasteiger partial charge in [-0.05, 0) is 29.0 Å². The molecule has 0 amide bonds. The summed E-state index contributed by atoms with van der Waals surface area (Å²) in [6.45, 7) is 1.90. The SMILES string of the molecule is Cc1cccn2c(=O)c(-c3nnn[nH]3)cnc12.[KH]. The zero-order chi connectivity index (χ0) is 11.8. The summed E-state index contributed by atoms with van der Waals surface area (Å²) in [5.74, 6) is 0.318. The third kappa shape index (κ3) is 2.17. The van der Waals surface area contributed by atoms with Crippen molar-refractivity contribution in [3.05, 3.63) is 40.4 Å². The first-order chi connectivity index (χ1) is 8.27.